The van der Waals surface area contributed by atoms with Crippen LogP contribution in [0.5, 0.6) is 0 Å². The molecule has 4 rings (SSSR count). The number of hydrogen-bond acceptors (Lipinski definition) is 11. The van der Waals surface area contributed by atoms with Crippen LogP contribution in [-0.4, -0.2) is 89.6 Å². The van der Waals surface area contributed by atoms with Crippen LogP contribution < -0.4 is 32.0 Å². The molecular weight excluding hydrogens is 472 g/mol. The summed E-state index contributed by atoms with van der Waals surface area (Å²) in [5, 5.41) is 59.3. The normalized spacial score (nSPS) is 32.9. The monoisotopic (exact) mass is 501 g/mol. The van der Waals surface area contributed by atoms with Gasteiger partial charge < -0.3 is 45.8 Å². The average Bonchev–Trinajstić information content (AvgIpc) is 3.28. The van der Waals surface area contributed by atoms with Crippen molar-refractivity contribution in [2.75, 3.05) is 18.9 Å². The van der Waals surface area contributed by atoms with Crippen molar-refractivity contribution in [2.24, 2.45) is 0 Å². The van der Waals surface area contributed by atoms with Crippen LogP contribution in [0, 0.1) is 0 Å². The summed E-state index contributed by atoms with van der Waals surface area (Å²) in [4.78, 5) is 26.4. The van der Waals surface area contributed by atoms with Gasteiger partial charge in [-0.15, -0.1) is 9.13 Å². The van der Waals surface area contributed by atoms with E-state index in [1.165, 1.54) is 24.5 Å². The lowest BCUT2D eigenvalue weighted by Crippen LogP contribution is -2.64. The number of anilines is 1. The van der Waals surface area contributed by atoms with Crippen molar-refractivity contribution >= 4 is 11.6 Å². The van der Waals surface area contributed by atoms with E-state index < -0.39 is 80.3 Å². The second-order valence-electron chi connectivity index (χ2n) is 8.38. The molecule has 4 heterocycles. The van der Waals surface area contributed by atoms with Gasteiger partial charge >= 0.3 is 11.4 Å². The fraction of sp³-hybridized carbons (Fsp3) is 0.579. The number of aromatic nitrogens is 4. The van der Waals surface area contributed by atoms with Gasteiger partial charge in [-0.2, -0.15) is 18.7 Å². The molecule has 2 aromatic heterocycles. The largest absolute Gasteiger partial charge is 0.508 e. The second kappa shape index (κ2) is 9.69. The maximum Gasteiger partial charge on any atom is 0.508 e. The first kappa shape index (κ1) is 25.3. The smallest absolute Gasteiger partial charge is 0.394 e. The molecule has 192 valence electrons. The van der Waals surface area contributed by atoms with Crippen LogP contribution >= 0.6 is 0 Å². The third-order valence-electron chi connectivity index (χ3n) is 6.26. The molecule has 0 amide bonds. The van der Waals surface area contributed by atoms with Crippen LogP contribution in [-0.2, 0) is 16.1 Å². The van der Waals surface area contributed by atoms with Crippen LogP contribution in [0.2, 0.25) is 0 Å². The minimum absolute atomic E-state index is 0.0485. The van der Waals surface area contributed by atoms with Crippen molar-refractivity contribution in [3.8, 4) is 0 Å². The minimum Gasteiger partial charge on any atom is -0.394 e. The topological polar surface area (TPSA) is 245 Å². The molecule has 0 aliphatic carbocycles. The van der Waals surface area contributed by atoms with Crippen LogP contribution in [0.15, 0.2) is 34.1 Å². The molecule has 2 fully saturated rings. The van der Waals surface area contributed by atoms with Gasteiger partial charge in [-0.1, -0.05) is 0 Å². The number of rotatable bonds is 6. The summed E-state index contributed by atoms with van der Waals surface area (Å²) >= 11 is 0. The maximum atomic E-state index is 13.2. The Balaban J connectivity index is 1.71. The highest BCUT2D eigenvalue weighted by molar-refractivity contribution is 5.25. The van der Waals surface area contributed by atoms with Gasteiger partial charge in [0.15, 0.2) is 0 Å². The molecule has 0 spiro atoms. The zero-order valence-electron chi connectivity index (χ0n) is 18.4. The Morgan fingerprint density at radius 2 is 1.29 bits per heavy atom. The van der Waals surface area contributed by atoms with Gasteiger partial charge in [0.05, 0.1) is 19.3 Å². The molecule has 0 aromatic carbocycles. The standard InChI is InChI=1S/C19H26N6O10/c20-10-1-3-22(16-14(30)12(28)8(5-26)34-16)18(32)24(10)7-25-11(21)2-4-23(19(25)33)17-15(31)13(29)9(6-27)35-17/h1-4,8-9,12-17,20-21,26-31H,5-7H2/p+3/t8-,9-,12-,13-,14-,15-,16-,17-/m1/s1. The number of nitrogens with zero attached hydrogens (tertiary/aromatic N) is 4. The highest BCUT2D eigenvalue weighted by atomic mass is 16.6. The average molecular weight is 501 g/mol. The van der Waals surface area contributed by atoms with E-state index in [9.17, 15) is 40.2 Å². The molecule has 0 saturated carbocycles. The van der Waals surface area contributed by atoms with E-state index >= 15 is 0 Å². The van der Waals surface area contributed by atoms with Crippen molar-refractivity contribution in [2.45, 2.75) is 55.7 Å². The molecule has 0 unspecified atom stereocenters. The van der Waals surface area contributed by atoms with Gasteiger partial charge in [-0.25, -0.2) is 0 Å². The van der Waals surface area contributed by atoms with E-state index in [4.69, 9.17) is 15.2 Å². The molecule has 2 aromatic rings. The van der Waals surface area contributed by atoms with Crippen molar-refractivity contribution in [3.63, 3.8) is 0 Å². The van der Waals surface area contributed by atoms with Crippen molar-refractivity contribution < 1.29 is 55.0 Å². The quantitative estimate of drug-likeness (QED) is 0.173. The number of aliphatic hydroxyl groups is 6. The zero-order valence-corrected chi connectivity index (χ0v) is 18.4. The Labute approximate surface area is 196 Å². The van der Waals surface area contributed by atoms with Gasteiger partial charge in [-0.05, 0) is 0 Å². The number of quaternary nitrogens is 1. The van der Waals surface area contributed by atoms with E-state index in [1.54, 1.807) is 0 Å². The van der Waals surface area contributed by atoms with E-state index in [-0.39, 0.29) is 11.6 Å². The molecule has 2 saturated heterocycles. The molecule has 16 nitrogen and oxygen atoms in total. The summed E-state index contributed by atoms with van der Waals surface area (Å²) in [6, 6.07) is 2.74. The Morgan fingerprint density at radius 3 is 1.74 bits per heavy atom. The second-order valence-corrected chi connectivity index (χ2v) is 8.38. The number of hydrogen-bond donors (Lipinski definition) is 8. The Bertz CT molecular complexity index is 1110. The van der Waals surface area contributed by atoms with Crippen LogP contribution in [0.1, 0.15) is 12.5 Å². The van der Waals surface area contributed by atoms with E-state index in [0.29, 0.717) is 0 Å². The summed E-state index contributed by atoms with van der Waals surface area (Å²) in [7, 11) is 0. The Hall–Kier alpha value is -2.80. The molecule has 35 heavy (non-hydrogen) atoms. The number of nitrogen functional groups attached to an aromatic ring is 1. The molecule has 0 radical (unpaired) electrons. The summed E-state index contributed by atoms with van der Waals surface area (Å²) in [6.07, 6.45) is -8.18. The zero-order chi connectivity index (χ0) is 25.6. The molecule has 2 aliphatic heterocycles. The van der Waals surface area contributed by atoms with E-state index in [0.717, 1.165) is 18.3 Å². The van der Waals surface area contributed by atoms with E-state index in [2.05, 4.69) is 5.73 Å². The first-order chi connectivity index (χ1) is 16.6. The Morgan fingerprint density at radius 1 is 0.829 bits per heavy atom. The maximum absolute atomic E-state index is 13.2. The molecule has 8 atom stereocenters. The van der Waals surface area contributed by atoms with Gasteiger partial charge in [-0.3, -0.25) is 5.73 Å². The third-order valence-corrected chi connectivity index (χ3v) is 6.26. The summed E-state index contributed by atoms with van der Waals surface area (Å²) in [5.41, 5.74) is 8.20. The minimum atomic E-state index is -1.51. The summed E-state index contributed by atoms with van der Waals surface area (Å²) in [6.45, 7) is -1.59. The lowest BCUT2D eigenvalue weighted by atomic mass is 10.1. The molecule has 2 aliphatic rings. The van der Waals surface area contributed by atoms with Gasteiger partial charge in [0, 0.05) is 6.07 Å². The highest BCUT2D eigenvalue weighted by Crippen LogP contribution is 2.25. The first-order valence-corrected chi connectivity index (χ1v) is 10.7. The van der Waals surface area contributed by atoms with Crippen LogP contribution in [0.3, 0.4) is 0 Å². The van der Waals surface area contributed by atoms with Gasteiger partial charge in [0.1, 0.15) is 49.0 Å². The van der Waals surface area contributed by atoms with Crippen molar-refractivity contribution in [1.82, 2.24) is 9.13 Å². The number of ether oxygens (including phenoxy) is 2. The molecule has 11 N–H and O–H groups in total. The van der Waals surface area contributed by atoms with Crippen molar-refractivity contribution in [3.05, 3.63) is 45.5 Å². The number of aliphatic hydroxyl groups excluding tert-OH is 6. The lowest BCUT2D eigenvalue weighted by molar-refractivity contribution is -0.782. The SMILES string of the molecule is Nc1cc[n+]([C@@H]2O[C@H](CO)[C@@H](O)[C@H]2O)c(=O)n1Cn1c([NH3+])cc[n+]([C@@H]2O[C@H](CO)[C@@H](O)[C@H]2O)c1=O. The predicted molar refractivity (Wildman–Crippen MR) is 110 cm³/mol. The van der Waals surface area contributed by atoms with E-state index in [1.807, 2.05) is 0 Å². The lowest BCUT2D eigenvalue weighted by Gasteiger charge is -2.14. The van der Waals surface area contributed by atoms with Gasteiger partial charge in [0.2, 0.25) is 24.9 Å². The number of nitrogens with two attached hydrogens (primary N) is 1. The summed E-state index contributed by atoms with van der Waals surface area (Å²) in [5.74, 6) is 0.125. The fourth-order valence-corrected chi connectivity index (χ4v) is 4.18. The van der Waals surface area contributed by atoms with Crippen LogP contribution in [0.25, 0.3) is 0 Å². The third kappa shape index (κ3) is 4.24. The molecule has 16 heteroatoms. The Kier molecular flexibility index (Phi) is 7.00. The van der Waals surface area contributed by atoms with Gasteiger partial charge in [0.25, 0.3) is 5.82 Å². The fourth-order valence-electron chi connectivity index (χ4n) is 4.18. The molecular formula is C19H29N6O10+3. The first-order valence-electron chi connectivity index (χ1n) is 10.7. The molecule has 0 bridgehead atoms. The summed E-state index contributed by atoms with van der Waals surface area (Å²) < 4.78 is 14.8. The van der Waals surface area contributed by atoms with Crippen molar-refractivity contribution in [1.29, 1.82) is 0 Å². The van der Waals surface area contributed by atoms with Crippen LogP contribution in [0.4, 0.5) is 11.6 Å². The highest BCUT2D eigenvalue weighted by Gasteiger charge is 2.48. The predicted octanol–water partition coefficient (Wildman–Crippen LogP) is -7.23.